The molecule has 0 spiro atoms. The highest BCUT2D eigenvalue weighted by Gasteiger charge is 2.16. The van der Waals surface area contributed by atoms with E-state index in [1.54, 1.807) is 64.5 Å². The topological polar surface area (TPSA) is 127 Å². The third-order valence-corrected chi connectivity index (χ3v) is 4.88. The molecule has 0 fully saturated rings. The second-order valence-corrected chi connectivity index (χ2v) is 8.97. The van der Waals surface area contributed by atoms with Crippen LogP contribution in [0.1, 0.15) is 43.2 Å². The van der Waals surface area contributed by atoms with Gasteiger partial charge in [-0.15, -0.1) is 0 Å². The number of rotatable bonds is 8. The highest BCUT2D eigenvalue weighted by molar-refractivity contribution is 5.84. The van der Waals surface area contributed by atoms with Gasteiger partial charge in [0.25, 0.3) is 5.56 Å². The normalized spacial score (nSPS) is 11.0. The zero-order chi connectivity index (χ0) is 25.4. The number of pyridine rings is 3. The number of nitrogens with zero attached hydrogens (tertiary/aromatic N) is 3. The Morgan fingerprint density at radius 3 is 2.54 bits per heavy atom. The quantitative estimate of drug-likeness (QED) is 0.454. The van der Waals surface area contributed by atoms with Gasteiger partial charge in [0.05, 0.1) is 37.1 Å². The molecule has 35 heavy (non-hydrogen) atoms. The molecule has 0 saturated heterocycles. The van der Waals surface area contributed by atoms with Crippen molar-refractivity contribution in [3.05, 3.63) is 87.9 Å². The highest BCUT2D eigenvalue weighted by Crippen LogP contribution is 2.11. The lowest BCUT2D eigenvalue weighted by Crippen LogP contribution is -2.34. The van der Waals surface area contributed by atoms with Gasteiger partial charge in [0.15, 0.2) is 0 Å². The summed E-state index contributed by atoms with van der Waals surface area (Å²) >= 11 is 0. The zero-order valence-electron chi connectivity index (χ0n) is 20.3. The lowest BCUT2D eigenvalue weighted by atomic mass is 10.1. The molecule has 3 aromatic rings. The van der Waals surface area contributed by atoms with Gasteiger partial charge in [-0.2, -0.15) is 0 Å². The van der Waals surface area contributed by atoms with Crippen molar-refractivity contribution in [2.75, 3.05) is 10.7 Å². The van der Waals surface area contributed by atoms with E-state index in [-0.39, 0.29) is 24.4 Å². The maximum absolute atomic E-state index is 12.9. The molecule has 3 heterocycles. The van der Waals surface area contributed by atoms with Crippen molar-refractivity contribution >= 4 is 17.7 Å². The number of ether oxygens (including phenoxy) is 1. The number of hydrogen-bond donors (Lipinski definition) is 3. The predicted molar refractivity (Wildman–Crippen MR) is 132 cm³/mol. The van der Waals surface area contributed by atoms with Gasteiger partial charge in [-0.3, -0.25) is 24.9 Å². The van der Waals surface area contributed by atoms with E-state index in [4.69, 9.17) is 4.74 Å². The van der Waals surface area contributed by atoms with Crippen LogP contribution in [-0.4, -0.2) is 32.2 Å². The molecular weight excluding hydrogens is 448 g/mol. The Labute approximate surface area is 203 Å². The summed E-state index contributed by atoms with van der Waals surface area (Å²) in [5.41, 5.74) is 5.33. The van der Waals surface area contributed by atoms with E-state index >= 15 is 0 Å². The molecule has 10 heteroatoms. The molecule has 0 radical (unpaired) electrons. The van der Waals surface area contributed by atoms with Gasteiger partial charge in [0.2, 0.25) is 5.91 Å². The molecule has 0 bridgehead atoms. The average Bonchev–Trinajstić information content (AvgIpc) is 2.80. The molecular formula is C25H30N6O4. The summed E-state index contributed by atoms with van der Waals surface area (Å²) in [7, 11) is 0. The Morgan fingerprint density at radius 2 is 1.89 bits per heavy atom. The number of nitrogens with one attached hydrogen (secondary N) is 3. The molecule has 10 nitrogen and oxygen atoms in total. The molecule has 0 aliphatic rings. The molecule has 0 unspecified atom stereocenters. The van der Waals surface area contributed by atoms with Crippen LogP contribution in [0.3, 0.4) is 0 Å². The fraction of sp³-hybridized carbons (Fsp3) is 0.320. The van der Waals surface area contributed by atoms with Crippen LogP contribution in [0.2, 0.25) is 0 Å². The van der Waals surface area contributed by atoms with Crippen LogP contribution < -0.4 is 21.6 Å². The minimum atomic E-state index is -0.600. The smallest absolute Gasteiger partial charge is 0.412 e. The molecule has 3 aromatic heterocycles. The number of anilines is 1. The fourth-order valence-electron chi connectivity index (χ4n) is 3.12. The third-order valence-electron chi connectivity index (χ3n) is 4.88. The van der Waals surface area contributed by atoms with Crippen molar-refractivity contribution in [3.63, 3.8) is 0 Å². The van der Waals surface area contributed by atoms with Crippen LogP contribution in [0.5, 0.6) is 0 Å². The Kier molecular flexibility index (Phi) is 8.19. The Bertz CT molecular complexity index is 1220. The standard InChI is InChI=1S/C25H30N6O4/c1-17-9-11-31(29-14-18-6-5-10-26-13-18)23(33)21(17)12-22(32)28-15-19-7-8-20(16-27-19)30-24(34)35-25(2,3)4/h5-11,13,16,29H,12,14-15H2,1-4H3,(H,28,32)(H,30,34). The summed E-state index contributed by atoms with van der Waals surface area (Å²) in [6.45, 7) is 7.75. The minimum Gasteiger partial charge on any atom is -0.444 e. The van der Waals surface area contributed by atoms with Gasteiger partial charge in [0.1, 0.15) is 5.60 Å². The average molecular weight is 479 g/mol. The largest absolute Gasteiger partial charge is 0.444 e. The van der Waals surface area contributed by atoms with Gasteiger partial charge in [-0.25, -0.2) is 9.47 Å². The van der Waals surface area contributed by atoms with Crippen molar-refractivity contribution in [1.82, 2.24) is 20.0 Å². The van der Waals surface area contributed by atoms with Gasteiger partial charge in [-0.05, 0) is 63.1 Å². The van der Waals surface area contributed by atoms with Gasteiger partial charge in [0, 0.05) is 24.2 Å². The Morgan fingerprint density at radius 1 is 1.09 bits per heavy atom. The lowest BCUT2D eigenvalue weighted by molar-refractivity contribution is -0.120. The summed E-state index contributed by atoms with van der Waals surface area (Å²) in [5.74, 6) is -0.298. The third kappa shape index (κ3) is 7.95. The van der Waals surface area contributed by atoms with Crippen LogP contribution in [0, 0.1) is 6.92 Å². The monoisotopic (exact) mass is 478 g/mol. The number of carbonyl (C=O) groups excluding carboxylic acids is 2. The summed E-state index contributed by atoms with van der Waals surface area (Å²) < 4.78 is 6.58. The van der Waals surface area contributed by atoms with E-state index in [9.17, 15) is 14.4 Å². The molecule has 0 aliphatic carbocycles. The molecule has 0 aliphatic heterocycles. The molecule has 3 rings (SSSR count). The summed E-state index contributed by atoms with van der Waals surface area (Å²) in [6, 6.07) is 8.88. The van der Waals surface area contributed by atoms with Crippen molar-refractivity contribution in [3.8, 4) is 0 Å². The van der Waals surface area contributed by atoms with Crippen LogP contribution in [0.15, 0.2) is 59.9 Å². The van der Waals surface area contributed by atoms with Crippen molar-refractivity contribution < 1.29 is 14.3 Å². The van der Waals surface area contributed by atoms with Crippen LogP contribution in [0.25, 0.3) is 0 Å². The first-order chi connectivity index (χ1) is 16.6. The van der Waals surface area contributed by atoms with E-state index in [1.165, 1.54) is 10.9 Å². The summed E-state index contributed by atoms with van der Waals surface area (Å²) in [6.07, 6.45) is 5.90. The number of carbonyl (C=O) groups is 2. The zero-order valence-corrected chi connectivity index (χ0v) is 20.3. The van der Waals surface area contributed by atoms with Crippen LogP contribution in [0.4, 0.5) is 10.5 Å². The number of amides is 2. The maximum Gasteiger partial charge on any atom is 0.412 e. The second kappa shape index (κ2) is 11.3. The van der Waals surface area contributed by atoms with Crippen LogP contribution >= 0.6 is 0 Å². The maximum atomic E-state index is 12.9. The molecule has 3 N–H and O–H groups in total. The van der Waals surface area contributed by atoms with Crippen molar-refractivity contribution in [1.29, 1.82) is 0 Å². The second-order valence-electron chi connectivity index (χ2n) is 8.97. The highest BCUT2D eigenvalue weighted by atomic mass is 16.6. The lowest BCUT2D eigenvalue weighted by Gasteiger charge is -2.19. The number of aromatic nitrogens is 3. The van der Waals surface area contributed by atoms with Crippen molar-refractivity contribution in [2.24, 2.45) is 0 Å². The Hall–Kier alpha value is -4.21. The molecule has 184 valence electrons. The first-order valence-electron chi connectivity index (χ1n) is 11.2. The van der Waals surface area contributed by atoms with Gasteiger partial charge in [-0.1, -0.05) is 6.07 Å². The number of aryl methyl sites for hydroxylation is 1. The molecule has 0 atom stereocenters. The van der Waals surface area contributed by atoms with Gasteiger partial charge >= 0.3 is 6.09 Å². The summed E-state index contributed by atoms with van der Waals surface area (Å²) in [4.78, 5) is 45.6. The number of hydrogen-bond acceptors (Lipinski definition) is 7. The van der Waals surface area contributed by atoms with E-state index in [0.717, 1.165) is 11.1 Å². The van der Waals surface area contributed by atoms with Crippen LogP contribution in [-0.2, 0) is 29.0 Å². The van der Waals surface area contributed by atoms with E-state index in [0.29, 0.717) is 23.5 Å². The molecule has 0 saturated carbocycles. The molecule has 2 amide bonds. The van der Waals surface area contributed by atoms with E-state index < -0.39 is 11.7 Å². The SMILES string of the molecule is Cc1ccn(NCc2cccnc2)c(=O)c1CC(=O)NCc1ccc(NC(=O)OC(C)(C)C)cn1. The van der Waals surface area contributed by atoms with E-state index in [1.807, 2.05) is 12.1 Å². The first kappa shape index (κ1) is 25.4. The fourth-order valence-corrected chi connectivity index (χ4v) is 3.12. The van der Waals surface area contributed by atoms with E-state index in [2.05, 4.69) is 26.0 Å². The van der Waals surface area contributed by atoms with Gasteiger partial charge < -0.3 is 15.5 Å². The Balaban J connectivity index is 1.54. The minimum absolute atomic E-state index is 0.0572. The molecule has 0 aromatic carbocycles. The van der Waals surface area contributed by atoms with Crippen molar-refractivity contribution in [2.45, 2.75) is 52.8 Å². The predicted octanol–water partition coefficient (Wildman–Crippen LogP) is 2.90. The summed E-state index contributed by atoms with van der Waals surface area (Å²) in [5, 5.41) is 5.38. The first-order valence-corrected chi connectivity index (χ1v) is 11.2.